The zero-order chi connectivity index (χ0) is 13.5. The van der Waals surface area contributed by atoms with E-state index in [1.165, 1.54) is 6.42 Å². The van der Waals surface area contributed by atoms with E-state index in [9.17, 15) is 0 Å². The minimum absolute atomic E-state index is 0.0671. The standard InChI is InChI=1S/C15H20ClNO2/c1-15(6-3-7-17-15)12-8-10(16)9-13(18-2)14(12)19-11-4-5-11/h8-9,11,17H,3-7H2,1-2H3. The van der Waals surface area contributed by atoms with Crippen LogP contribution in [0.5, 0.6) is 11.5 Å². The molecule has 2 aliphatic rings. The van der Waals surface area contributed by atoms with Gasteiger partial charge in [0.25, 0.3) is 0 Å². The van der Waals surface area contributed by atoms with Crippen LogP contribution in [0.2, 0.25) is 5.02 Å². The summed E-state index contributed by atoms with van der Waals surface area (Å²) in [4.78, 5) is 0. The Morgan fingerprint density at radius 3 is 2.74 bits per heavy atom. The molecule has 1 saturated carbocycles. The highest BCUT2D eigenvalue weighted by molar-refractivity contribution is 6.30. The Balaban J connectivity index is 2.06. The van der Waals surface area contributed by atoms with Crippen LogP contribution >= 0.6 is 11.6 Å². The molecule has 1 unspecified atom stereocenters. The molecule has 1 N–H and O–H groups in total. The summed E-state index contributed by atoms with van der Waals surface area (Å²) in [5, 5.41) is 4.27. The second kappa shape index (κ2) is 4.88. The van der Waals surface area contributed by atoms with E-state index in [4.69, 9.17) is 21.1 Å². The Morgan fingerprint density at radius 1 is 1.37 bits per heavy atom. The van der Waals surface area contributed by atoms with Crippen molar-refractivity contribution in [2.75, 3.05) is 13.7 Å². The Hall–Kier alpha value is -0.930. The maximum atomic E-state index is 6.23. The smallest absolute Gasteiger partial charge is 0.166 e. The molecule has 1 aliphatic carbocycles. The van der Waals surface area contributed by atoms with Gasteiger partial charge in [0.2, 0.25) is 0 Å². The number of ether oxygens (including phenoxy) is 2. The molecule has 104 valence electrons. The van der Waals surface area contributed by atoms with Crippen molar-refractivity contribution in [1.29, 1.82) is 0 Å². The van der Waals surface area contributed by atoms with Gasteiger partial charge in [-0.15, -0.1) is 0 Å². The molecule has 0 bridgehead atoms. The van der Waals surface area contributed by atoms with Gasteiger partial charge >= 0.3 is 0 Å². The third-order valence-electron chi connectivity index (χ3n) is 4.01. The zero-order valence-corrected chi connectivity index (χ0v) is 12.2. The molecule has 3 nitrogen and oxygen atoms in total. The summed E-state index contributed by atoms with van der Waals surface area (Å²) >= 11 is 6.23. The molecule has 1 heterocycles. The van der Waals surface area contributed by atoms with E-state index in [-0.39, 0.29) is 5.54 Å². The molecule has 4 heteroatoms. The van der Waals surface area contributed by atoms with Crippen LogP contribution in [0.25, 0.3) is 0 Å². The van der Waals surface area contributed by atoms with Crippen molar-refractivity contribution in [3.8, 4) is 11.5 Å². The molecular weight excluding hydrogens is 262 g/mol. The molecule has 0 spiro atoms. The Morgan fingerprint density at radius 2 is 2.16 bits per heavy atom. The molecular formula is C15H20ClNO2. The Labute approximate surface area is 119 Å². The summed E-state index contributed by atoms with van der Waals surface area (Å²) in [5.41, 5.74) is 1.06. The number of halogens is 1. The van der Waals surface area contributed by atoms with Crippen molar-refractivity contribution in [1.82, 2.24) is 5.32 Å². The SMILES string of the molecule is COc1cc(Cl)cc(C2(C)CCCN2)c1OC1CC1. The quantitative estimate of drug-likeness (QED) is 0.916. The van der Waals surface area contributed by atoms with E-state index in [0.29, 0.717) is 11.1 Å². The summed E-state index contributed by atoms with van der Waals surface area (Å²) in [6.45, 7) is 3.25. The molecule has 0 amide bonds. The molecule has 0 aromatic heterocycles. The van der Waals surface area contributed by atoms with Crippen LogP contribution in [0.1, 0.15) is 38.2 Å². The number of rotatable bonds is 4. The lowest BCUT2D eigenvalue weighted by Crippen LogP contribution is -2.33. The molecule has 3 rings (SSSR count). The second-order valence-corrected chi connectivity index (χ2v) is 6.10. The Bertz CT molecular complexity index is 479. The van der Waals surface area contributed by atoms with Gasteiger partial charge < -0.3 is 14.8 Å². The van der Waals surface area contributed by atoms with E-state index in [1.54, 1.807) is 7.11 Å². The molecule has 1 atom stereocenters. The molecule has 19 heavy (non-hydrogen) atoms. The predicted molar refractivity (Wildman–Crippen MR) is 76.2 cm³/mol. The lowest BCUT2D eigenvalue weighted by atomic mass is 9.89. The van der Waals surface area contributed by atoms with Crippen molar-refractivity contribution >= 4 is 11.6 Å². The minimum atomic E-state index is -0.0671. The van der Waals surface area contributed by atoms with E-state index in [1.807, 2.05) is 12.1 Å². The van der Waals surface area contributed by atoms with Crippen molar-refractivity contribution in [3.63, 3.8) is 0 Å². The summed E-state index contributed by atoms with van der Waals surface area (Å²) in [5.74, 6) is 1.61. The maximum Gasteiger partial charge on any atom is 0.166 e. The number of benzene rings is 1. The highest BCUT2D eigenvalue weighted by Crippen LogP contribution is 2.45. The van der Waals surface area contributed by atoms with Gasteiger partial charge in [-0.3, -0.25) is 0 Å². The number of hydrogen-bond acceptors (Lipinski definition) is 3. The Kier molecular flexibility index (Phi) is 3.35. The first kappa shape index (κ1) is 13.1. The fourth-order valence-electron chi connectivity index (χ4n) is 2.73. The maximum absolute atomic E-state index is 6.23. The van der Waals surface area contributed by atoms with Gasteiger partial charge in [-0.2, -0.15) is 0 Å². The molecule has 1 saturated heterocycles. The molecule has 1 aromatic rings. The highest BCUT2D eigenvalue weighted by atomic mass is 35.5. The lowest BCUT2D eigenvalue weighted by Gasteiger charge is -2.28. The van der Waals surface area contributed by atoms with Gasteiger partial charge in [-0.1, -0.05) is 11.6 Å². The number of nitrogens with one attached hydrogen (secondary N) is 1. The minimum Gasteiger partial charge on any atom is -0.493 e. The average Bonchev–Trinajstić information content (AvgIpc) is 3.10. The fourth-order valence-corrected chi connectivity index (χ4v) is 2.94. The van der Waals surface area contributed by atoms with E-state index in [0.717, 1.165) is 42.9 Å². The summed E-state index contributed by atoms with van der Waals surface area (Å²) in [6.07, 6.45) is 4.88. The van der Waals surface area contributed by atoms with Gasteiger partial charge in [-0.25, -0.2) is 0 Å². The number of hydrogen-bond donors (Lipinski definition) is 1. The van der Waals surface area contributed by atoms with Crippen LogP contribution in [0.4, 0.5) is 0 Å². The zero-order valence-electron chi connectivity index (χ0n) is 11.5. The van der Waals surface area contributed by atoms with Crippen LogP contribution < -0.4 is 14.8 Å². The van der Waals surface area contributed by atoms with Crippen molar-refractivity contribution < 1.29 is 9.47 Å². The van der Waals surface area contributed by atoms with Crippen molar-refractivity contribution in [3.05, 3.63) is 22.7 Å². The van der Waals surface area contributed by atoms with Crippen LogP contribution in [-0.4, -0.2) is 19.8 Å². The van der Waals surface area contributed by atoms with Gasteiger partial charge in [0.15, 0.2) is 11.5 Å². The lowest BCUT2D eigenvalue weighted by molar-refractivity contribution is 0.269. The average molecular weight is 282 g/mol. The summed E-state index contributed by atoms with van der Waals surface area (Å²) in [7, 11) is 1.67. The topological polar surface area (TPSA) is 30.5 Å². The first-order chi connectivity index (χ1) is 9.12. The van der Waals surface area contributed by atoms with Crippen molar-refractivity contribution in [2.45, 2.75) is 44.2 Å². The largest absolute Gasteiger partial charge is 0.493 e. The van der Waals surface area contributed by atoms with Crippen LogP contribution in [-0.2, 0) is 5.54 Å². The predicted octanol–water partition coefficient (Wildman–Crippen LogP) is 3.49. The monoisotopic (exact) mass is 281 g/mol. The second-order valence-electron chi connectivity index (χ2n) is 5.66. The number of methoxy groups -OCH3 is 1. The van der Waals surface area contributed by atoms with E-state index < -0.39 is 0 Å². The van der Waals surface area contributed by atoms with Gasteiger partial charge in [-0.05, 0) is 45.2 Å². The summed E-state index contributed by atoms with van der Waals surface area (Å²) in [6, 6.07) is 3.85. The third-order valence-corrected chi connectivity index (χ3v) is 4.23. The molecule has 1 aromatic carbocycles. The van der Waals surface area contributed by atoms with E-state index >= 15 is 0 Å². The van der Waals surface area contributed by atoms with Gasteiger partial charge in [0.05, 0.1) is 13.2 Å². The summed E-state index contributed by atoms with van der Waals surface area (Å²) < 4.78 is 11.6. The van der Waals surface area contributed by atoms with Crippen LogP contribution in [0, 0.1) is 0 Å². The normalized spacial score (nSPS) is 26.5. The molecule has 2 fully saturated rings. The van der Waals surface area contributed by atoms with Gasteiger partial charge in [0, 0.05) is 22.2 Å². The van der Waals surface area contributed by atoms with Crippen LogP contribution in [0.3, 0.4) is 0 Å². The molecule has 0 radical (unpaired) electrons. The first-order valence-electron chi connectivity index (χ1n) is 6.92. The molecule has 1 aliphatic heterocycles. The first-order valence-corrected chi connectivity index (χ1v) is 7.30. The van der Waals surface area contributed by atoms with E-state index in [2.05, 4.69) is 12.2 Å². The van der Waals surface area contributed by atoms with Crippen molar-refractivity contribution in [2.24, 2.45) is 0 Å². The van der Waals surface area contributed by atoms with Gasteiger partial charge in [0.1, 0.15) is 0 Å². The fraction of sp³-hybridized carbons (Fsp3) is 0.600. The third kappa shape index (κ3) is 2.54. The van der Waals surface area contributed by atoms with Crippen LogP contribution in [0.15, 0.2) is 12.1 Å². The highest BCUT2D eigenvalue weighted by Gasteiger charge is 2.36.